The lowest BCUT2D eigenvalue weighted by atomic mass is 10.1. The zero-order valence-electron chi connectivity index (χ0n) is 36.8. The number of para-hydroxylation sites is 1. The zero-order valence-corrected chi connectivity index (χ0v) is 39.2. The molecule has 0 spiro atoms. The molecule has 4 aromatic carbocycles. The molecule has 19 nitrogen and oxygen atoms in total. The van der Waals surface area contributed by atoms with Crippen molar-refractivity contribution in [2.45, 2.75) is 23.8 Å². The highest BCUT2D eigenvalue weighted by molar-refractivity contribution is 9.10. The average molecular weight is 1020 g/mol. The molecule has 0 saturated carbocycles. The van der Waals surface area contributed by atoms with Crippen molar-refractivity contribution in [2.75, 3.05) is 62.4 Å². The van der Waals surface area contributed by atoms with Gasteiger partial charge in [0.1, 0.15) is 41.0 Å². The van der Waals surface area contributed by atoms with E-state index in [0.29, 0.717) is 51.5 Å². The molecule has 7 N–H and O–H groups in total. The summed E-state index contributed by atoms with van der Waals surface area (Å²) in [5, 5.41) is 11.5. The molecule has 3 aromatic heterocycles. The van der Waals surface area contributed by atoms with E-state index in [0.717, 1.165) is 30.2 Å². The summed E-state index contributed by atoms with van der Waals surface area (Å²) >= 11 is 3.33. The Hall–Kier alpha value is -7.37. The molecule has 1 fully saturated rings. The van der Waals surface area contributed by atoms with Crippen LogP contribution < -0.4 is 31.6 Å². The molecular weight excluding hydrogens is 976 g/mol. The number of carbonyl (C=O) groups excluding carboxylic acids is 2. The first-order chi connectivity index (χ1) is 33.4. The number of nitrogen functional groups attached to an aromatic ring is 1. The predicted octanol–water partition coefficient (Wildman–Crippen LogP) is 6.88. The van der Waals surface area contributed by atoms with Gasteiger partial charge < -0.3 is 41.2 Å². The first-order valence-electron chi connectivity index (χ1n) is 21.6. The topological polar surface area (TPSA) is 257 Å². The number of rotatable bonds is 20. The third-order valence-electron chi connectivity index (χ3n) is 10.7. The quantitative estimate of drug-likeness (QED) is 0.0385. The molecule has 8 rings (SSSR count). The molecule has 0 unspecified atom stereocenters. The molecule has 0 aliphatic carbocycles. The number of hydrogen-bond acceptors (Lipinski definition) is 15. The van der Waals surface area contributed by atoms with E-state index in [4.69, 9.17) is 30.8 Å². The van der Waals surface area contributed by atoms with Gasteiger partial charge in [0.15, 0.2) is 5.65 Å². The Kier molecular flexibility index (Phi) is 15.4. The molecule has 4 heterocycles. The van der Waals surface area contributed by atoms with E-state index in [1.54, 1.807) is 23.1 Å². The zero-order chi connectivity index (χ0) is 48.3. The van der Waals surface area contributed by atoms with Gasteiger partial charge in [0, 0.05) is 43.2 Å². The molecule has 7 aromatic rings. The maximum absolute atomic E-state index is 14.3. The van der Waals surface area contributed by atoms with Crippen LogP contribution in [0.2, 0.25) is 0 Å². The van der Waals surface area contributed by atoms with Gasteiger partial charge in [-0.2, -0.15) is 10.1 Å². The van der Waals surface area contributed by atoms with E-state index >= 15 is 0 Å². The van der Waals surface area contributed by atoms with Crippen LogP contribution in [0.4, 0.5) is 33.3 Å². The molecule has 0 bridgehead atoms. The van der Waals surface area contributed by atoms with Gasteiger partial charge in [-0.15, -0.1) is 0 Å². The van der Waals surface area contributed by atoms with Crippen LogP contribution in [-0.4, -0.2) is 101 Å². The Balaban J connectivity index is 0.750. The van der Waals surface area contributed by atoms with Gasteiger partial charge in [0.25, 0.3) is 5.91 Å². The number of carbonyl (C=O) groups is 2. The summed E-state index contributed by atoms with van der Waals surface area (Å²) in [5.41, 5.74) is 14.1. The van der Waals surface area contributed by atoms with Crippen molar-refractivity contribution in [1.82, 2.24) is 39.3 Å². The van der Waals surface area contributed by atoms with Gasteiger partial charge in [0.05, 0.1) is 58.5 Å². The summed E-state index contributed by atoms with van der Waals surface area (Å²) in [6.45, 7) is 1.77. The van der Waals surface area contributed by atoms with E-state index in [1.165, 1.54) is 42.9 Å². The number of nitrogens with zero attached hydrogens (tertiary/aromatic N) is 7. The first-order valence-corrected chi connectivity index (χ1v) is 23.9. The van der Waals surface area contributed by atoms with Crippen molar-refractivity contribution in [2.24, 2.45) is 5.73 Å². The van der Waals surface area contributed by atoms with Crippen molar-refractivity contribution >= 4 is 77.8 Å². The summed E-state index contributed by atoms with van der Waals surface area (Å²) < 4.78 is 62.0. The van der Waals surface area contributed by atoms with E-state index in [1.807, 2.05) is 59.3 Å². The average Bonchev–Trinajstić information content (AvgIpc) is 3.75. The van der Waals surface area contributed by atoms with Crippen LogP contribution in [0.15, 0.2) is 131 Å². The van der Waals surface area contributed by atoms with Gasteiger partial charge in [-0.05, 0) is 102 Å². The minimum absolute atomic E-state index is 0.0204. The molecule has 1 atom stereocenters. The highest BCUT2D eigenvalue weighted by Crippen LogP contribution is 2.35. The van der Waals surface area contributed by atoms with E-state index in [9.17, 15) is 22.4 Å². The third-order valence-corrected chi connectivity index (χ3v) is 12.8. The van der Waals surface area contributed by atoms with Gasteiger partial charge in [0.2, 0.25) is 21.9 Å². The summed E-state index contributed by atoms with van der Waals surface area (Å²) in [4.78, 5) is 44.3. The molecule has 1 saturated heterocycles. The lowest BCUT2D eigenvalue weighted by Gasteiger charge is -2.32. The summed E-state index contributed by atoms with van der Waals surface area (Å²) in [6.07, 6.45) is 7.58. The van der Waals surface area contributed by atoms with Crippen molar-refractivity contribution in [3.63, 3.8) is 0 Å². The summed E-state index contributed by atoms with van der Waals surface area (Å²) in [6, 6.07) is 26.9. The number of nitrogens with one attached hydrogen (secondary N) is 3. The smallest absolute Gasteiger partial charge is 0.253 e. The molecule has 1 aliphatic heterocycles. The highest BCUT2D eigenvalue weighted by Gasteiger charge is 2.28. The van der Waals surface area contributed by atoms with Crippen molar-refractivity contribution in [3.05, 3.63) is 138 Å². The van der Waals surface area contributed by atoms with Crippen LogP contribution >= 0.6 is 15.9 Å². The fraction of sp³-hybridized carbons (Fsp3) is 0.213. The largest absolute Gasteiger partial charge is 0.457 e. The minimum Gasteiger partial charge on any atom is -0.457 e. The Bertz CT molecular complexity index is 3080. The van der Waals surface area contributed by atoms with E-state index in [2.05, 4.69) is 51.2 Å². The van der Waals surface area contributed by atoms with Gasteiger partial charge in [-0.25, -0.2) is 37.2 Å². The van der Waals surface area contributed by atoms with Crippen LogP contribution in [0.25, 0.3) is 22.3 Å². The number of piperidine rings is 1. The molecule has 1 aliphatic rings. The second-order valence-electron chi connectivity index (χ2n) is 15.4. The second kappa shape index (κ2) is 22.2. The van der Waals surface area contributed by atoms with Crippen molar-refractivity contribution in [1.29, 1.82) is 0 Å². The SMILES string of the molecule is NC(=O)c1c(F)cccc1Nc1nc(Nc2ccc(S(=O)(=O)NCCOCCOC/C=C/C(=O)N3CCC[C@@H](n4nc(-c5ccc(Oc6ccccc6)cc5)c5c(N)ncnc54)C3)cc2)ncc1Br. The number of sulfonamides is 1. The van der Waals surface area contributed by atoms with Crippen LogP contribution in [0, 0.1) is 5.82 Å². The fourth-order valence-electron chi connectivity index (χ4n) is 7.44. The maximum atomic E-state index is 14.3. The van der Waals surface area contributed by atoms with Crippen LogP contribution in [-0.2, 0) is 24.3 Å². The van der Waals surface area contributed by atoms with Crippen LogP contribution in [0.1, 0.15) is 29.2 Å². The molecular formula is C47H46BrFN12O7S. The van der Waals surface area contributed by atoms with Gasteiger partial charge in [-0.1, -0.05) is 30.3 Å². The minimum atomic E-state index is -3.85. The number of hydrogen-bond donors (Lipinski definition) is 5. The second-order valence-corrected chi connectivity index (χ2v) is 18.1. The normalized spacial score (nSPS) is 14.0. The van der Waals surface area contributed by atoms with Crippen molar-refractivity contribution in [3.8, 4) is 22.8 Å². The Labute approximate surface area is 404 Å². The molecule has 0 radical (unpaired) electrons. The summed E-state index contributed by atoms with van der Waals surface area (Å²) in [5.74, 6) is 0.203. The Morgan fingerprint density at radius 3 is 2.45 bits per heavy atom. The number of likely N-dealkylation sites (tertiary alicyclic amines) is 1. The fourth-order valence-corrected chi connectivity index (χ4v) is 8.74. The molecule has 2 amide bonds. The monoisotopic (exact) mass is 1020 g/mol. The summed E-state index contributed by atoms with van der Waals surface area (Å²) in [7, 11) is -3.85. The van der Waals surface area contributed by atoms with Gasteiger partial charge in [-0.3, -0.25) is 9.59 Å². The van der Waals surface area contributed by atoms with Crippen molar-refractivity contribution < 1.29 is 36.6 Å². The third kappa shape index (κ3) is 12.0. The molecule has 356 valence electrons. The van der Waals surface area contributed by atoms with Crippen LogP contribution in [0.3, 0.4) is 0 Å². The number of primary amides is 1. The predicted molar refractivity (Wildman–Crippen MR) is 260 cm³/mol. The standard InChI is InChI=1S/C47H46BrFN12O7S/c48-36-27-52-47(58-45(36)57-38-11-4-10-37(49)40(38)44(51)63)56-31-15-19-35(20-16-31)69(64,65)55-21-24-67-26-25-66-23-6-12-39(62)60-22-5-7-32(28-60)61-46-41(43(50)53-29-54-46)42(59-61)30-13-17-34(18-14-30)68-33-8-2-1-3-9-33/h1-4,6,8-20,27,29,32,55H,5,7,21-26,28H2,(H2,51,63)(H2,50,53,54)(H2,52,56,57,58)/b12-6+/t32-/m1/s1. The molecule has 22 heteroatoms. The van der Waals surface area contributed by atoms with E-state index < -0.39 is 21.7 Å². The number of aromatic nitrogens is 6. The number of anilines is 5. The van der Waals surface area contributed by atoms with E-state index in [-0.39, 0.29) is 72.8 Å². The van der Waals surface area contributed by atoms with Crippen LogP contribution in [0.5, 0.6) is 11.5 Å². The number of halogens is 2. The lowest BCUT2D eigenvalue weighted by Crippen LogP contribution is -2.40. The first kappa shape index (κ1) is 48.1. The Morgan fingerprint density at radius 2 is 1.67 bits per heavy atom. The molecule has 69 heavy (non-hydrogen) atoms. The Morgan fingerprint density at radius 1 is 0.899 bits per heavy atom. The number of amides is 2. The number of ether oxygens (including phenoxy) is 3. The number of nitrogens with two attached hydrogens (primary N) is 2. The maximum Gasteiger partial charge on any atom is 0.253 e. The highest BCUT2D eigenvalue weighted by atomic mass is 79.9. The number of benzene rings is 4. The van der Waals surface area contributed by atoms with Gasteiger partial charge >= 0.3 is 0 Å². The lowest BCUT2D eigenvalue weighted by molar-refractivity contribution is -0.127. The number of fused-ring (bicyclic) bond motifs is 1.